The van der Waals surface area contributed by atoms with Gasteiger partial charge in [-0.2, -0.15) is 0 Å². The fraction of sp³-hybridized carbons (Fsp3) is 0.333. The van der Waals surface area contributed by atoms with Crippen LogP contribution in [0.3, 0.4) is 0 Å². The van der Waals surface area contributed by atoms with Crippen LogP contribution in [0.1, 0.15) is 29.3 Å². The van der Waals surface area contributed by atoms with Gasteiger partial charge in [-0.3, -0.25) is 4.79 Å². The van der Waals surface area contributed by atoms with E-state index in [0.29, 0.717) is 24.0 Å². The molecule has 0 saturated carbocycles. The van der Waals surface area contributed by atoms with Crippen molar-refractivity contribution in [3.63, 3.8) is 0 Å². The van der Waals surface area contributed by atoms with E-state index in [1.54, 1.807) is 26.0 Å². The molecule has 1 aromatic rings. The van der Waals surface area contributed by atoms with Gasteiger partial charge in [-0.1, -0.05) is 22.9 Å². The van der Waals surface area contributed by atoms with Gasteiger partial charge in [0.2, 0.25) is 0 Å². The second kappa shape index (κ2) is 5.82. The predicted octanol–water partition coefficient (Wildman–Crippen LogP) is 2.81. The highest BCUT2D eigenvalue weighted by molar-refractivity contribution is 9.10. The SMILES string of the molecule is CCC(Oc1c(C)cc(Br)cc1C=O)C(=O)O. The number of benzene rings is 1. The number of ether oxygens (including phenoxy) is 1. The first-order valence-corrected chi connectivity index (χ1v) is 5.93. The van der Waals surface area contributed by atoms with Gasteiger partial charge in [0.25, 0.3) is 0 Å². The normalized spacial score (nSPS) is 11.9. The number of aldehydes is 1. The standard InChI is InChI=1S/C12H13BrO4/c1-3-10(12(15)16)17-11-7(2)4-9(13)5-8(11)6-14/h4-6,10H,3H2,1-2H3,(H,15,16). The third kappa shape index (κ3) is 3.30. The molecular weight excluding hydrogens is 288 g/mol. The molecule has 1 rings (SSSR count). The van der Waals surface area contributed by atoms with Crippen molar-refractivity contribution in [2.24, 2.45) is 0 Å². The number of carbonyl (C=O) groups excluding carboxylic acids is 1. The van der Waals surface area contributed by atoms with Crippen molar-refractivity contribution in [1.82, 2.24) is 0 Å². The minimum Gasteiger partial charge on any atom is -0.479 e. The molecule has 4 nitrogen and oxygen atoms in total. The molecule has 0 aromatic heterocycles. The number of hydrogen-bond donors (Lipinski definition) is 1. The smallest absolute Gasteiger partial charge is 0.344 e. The molecule has 0 amide bonds. The van der Waals surface area contributed by atoms with Gasteiger partial charge in [0.1, 0.15) is 5.75 Å². The van der Waals surface area contributed by atoms with Crippen molar-refractivity contribution < 1.29 is 19.4 Å². The molecule has 0 radical (unpaired) electrons. The molecule has 0 heterocycles. The van der Waals surface area contributed by atoms with E-state index in [0.717, 1.165) is 10.0 Å². The van der Waals surface area contributed by atoms with Gasteiger partial charge in [-0.25, -0.2) is 4.79 Å². The van der Waals surface area contributed by atoms with Crippen molar-refractivity contribution in [3.8, 4) is 5.75 Å². The molecule has 5 heteroatoms. The highest BCUT2D eigenvalue weighted by Crippen LogP contribution is 2.28. The highest BCUT2D eigenvalue weighted by Gasteiger charge is 2.19. The molecular formula is C12H13BrO4. The van der Waals surface area contributed by atoms with Crippen LogP contribution < -0.4 is 4.74 Å². The third-order valence-corrected chi connectivity index (χ3v) is 2.76. The van der Waals surface area contributed by atoms with Crippen LogP contribution in [-0.4, -0.2) is 23.5 Å². The lowest BCUT2D eigenvalue weighted by atomic mass is 10.1. The summed E-state index contributed by atoms with van der Waals surface area (Å²) in [5.41, 5.74) is 1.07. The number of halogens is 1. The van der Waals surface area contributed by atoms with Crippen molar-refractivity contribution >= 4 is 28.2 Å². The van der Waals surface area contributed by atoms with Gasteiger partial charge in [-0.05, 0) is 31.0 Å². The first-order chi connectivity index (χ1) is 7.99. The number of carboxylic acid groups (broad SMARTS) is 1. The second-order valence-electron chi connectivity index (χ2n) is 3.61. The zero-order chi connectivity index (χ0) is 13.0. The zero-order valence-corrected chi connectivity index (χ0v) is 11.2. The minimum absolute atomic E-state index is 0.331. The first kappa shape index (κ1) is 13.7. The highest BCUT2D eigenvalue weighted by atomic mass is 79.9. The Hall–Kier alpha value is -1.36. The van der Waals surface area contributed by atoms with E-state index in [4.69, 9.17) is 9.84 Å². The fourth-order valence-electron chi connectivity index (χ4n) is 1.45. The molecule has 1 unspecified atom stereocenters. The van der Waals surface area contributed by atoms with Crippen LogP contribution >= 0.6 is 15.9 Å². The Morgan fingerprint density at radius 2 is 2.24 bits per heavy atom. The average Bonchev–Trinajstić information content (AvgIpc) is 2.26. The molecule has 1 atom stereocenters. The lowest BCUT2D eigenvalue weighted by molar-refractivity contribution is -0.145. The minimum atomic E-state index is -1.04. The number of carbonyl (C=O) groups is 2. The lowest BCUT2D eigenvalue weighted by Crippen LogP contribution is -2.26. The molecule has 17 heavy (non-hydrogen) atoms. The summed E-state index contributed by atoms with van der Waals surface area (Å²) >= 11 is 3.27. The van der Waals surface area contributed by atoms with E-state index in [9.17, 15) is 9.59 Å². The Balaban J connectivity index is 3.12. The maximum atomic E-state index is 10.9. The Morgan fingerprint density at radius 1 is 1.59 bits per heavy atom. The summed E-state index contributed by atoms with van der Waals surface area (Å²) in [6.45, 7) is 3.48. The van der Waals surface area contributed by atoms with E-state index in [-0.39, 0.29) is 0 Å². The second-order valence-corrected chi connectivity index (χ2v) is 4.53. The molecule has 1 aromatic carbocycles. The van der Waals surface area contributed by atoms with Crippen molar-refractivity contribution in [1.29, 1.82) is 0 Å². The summed E-state index contributed by atoms with van der Waals surface area (Å²) < 4.78 is 6.14. The maximum Gasteiger partial charge on any atom is 0.344 e. The molecule has 0 aliphatic carbocycles. The summed E-state index contributed by atoms with van der Waals surface area (Å²) in [5.74, 6) is -0.705. The van der Waals surface area contributed by atoms with Crippen LogP contribution in [-0.2, 0) is 4.79 Å². The molecule has 0 fully saturated rings. The molecule has 0 saturated heterocycles. The first-order valence-electron chi connectivity index (χ1n) is 5.14. The molecule has 0 spiro atoms. The number of hydrogen-bond acceptors (Lipinski definition) is 3. The number of carboxylic acids is 1. The number of aliphatic carboxylic acids is 1. The predicted molar refractivity (Wildman–Crippen MR) is 66.6 cm³/mol. The van der Waals surface area contributed by atoms with Gasteiger partial charge in [0, 0.05) is 4.47 Å². The topological polar surface area (TPSA) is 63.6 Å². The Kier molecular flexibility index (Phi) is 4.69. The molecule has 0 aliphatic heterocycles. The van der Waals surface area contributed by atoms with Crippen LogP contribution in [0.5, 0.6) is 5.75 Å². The maximum absolute atomic E-state index is 10.9. The van der Waals surface area contributed by atoms with Crippen LogP contribution in [0, 0.1) is 6.92 Å². The summed E-state index contributed by atoms with van der Waals surface area (Å²) in [6.07, 6.45) is 0.0544. The van der Waals surface area contributed by atoms with E-state index >= 15 is 0 Å². The number of aryl methyl sites for hydroxylation is 1. The molecule has 0 aliphatic rings. The monoisotopic (exact) mass is 300 g/mol. The lowest BCUT2D eigenvalue weighted by Gasteiger charge is -2.16. The van der Waals surface area contributed by atoms with Crippen LogP contribution in [0.2, 0.25) is 0 Å². The number of rotatable bonds is 5. The van der Waals surface area contributed by atoms with Gasteiger partial charge >= 0.3 is 5.97 Å². The summed E-state index contributed by atoms with van der Waals surface area (Å²) in [7, 11) is 0. The fourth-order valence-corrected chi connectivity index (χ4v) is 2.04. The van der Waals surface area contributed by atoms with Gasteiger partial charge < -0.3 is 9.84 Å². The molecule has 0 bridgehead atoms. The summed E-state index contributed by atoms with van der Waals surface area (Å²) in [4.78, 5) is 21.8. The quantitative estimate of drug-likeness (QED) is 0.849. The largest absolute Gasteiger partial charge is 0.479 e. The van der Waals surface area contributed by atoms with Gasteiger partial charge in [0.05, 0.1) is 5.56 Å². The van der Waals surface area contributed by atoms with Crippen LogP contribution in [0.4, 0.5) is 0 Å². The van der Waals surface area contributed by atoms with E-state index in [2.05, 4.69) is 15.9 Å². The summed E-state index contributed by atoms with van der Waals surface area (Å²) in [6, 6.07) is 3.38. The van der Waals surface area contributed by atoms with Crippen molar-refractivity contribution in [3.05, 3.63) is 27.7 Å². The molecule has 1 N–H and O–H groups in total. The summed E-state index contributed by atoms with van der Waals surface area (Å²) in [5, 5.41) is 8.92. The Labute approximate surface area is 108 Å². The van der Waals surface area contributed by atoms with E-state index in [1.165, 1.54) is 0 Å². The third-order valence-electron chi connectivity index (χ3n) is 2.30. The van der Waals surface area contributed by atoms with Crippen LogP contribution in [0.15, 0.2) is 16.6 Å². The zero-order valence-electron chi connectivity index (χ0n) is 9.57. The van der Waals surface area contributed by atoms with Crippen molar-refractivity contribution in [2.75, 3.05) is 0 Å². The van der Waals surface area contributed by atoms with Gasteiger partial charge in [0.15, 0.2) is 12.4 Å². The van der Waals surface area contributed by atoms with Gasteiger partial charge in [-0.15, -0.1) is 0 Å². The molecule has 92 valence electrons. The van der Waals surface area contributed by atoms with Crippen LogP contribution in [0.25, 0.3) is 0 Å². The average molecular weight is 301 g/mol. The van der Waals surface area contributed by atoms with E-state index in [1.807, 2.05) is 0 Å². The van der Waals surface area contributed by atoms with Crippen molar-refractivity contribution in [2.45, 2.75) is 26.4 Å². The van der Waals surface area contributed by atoms with E-state index < -0.39 is 12.1 Å². The Bertz CT molecular complexity index is 442. The Morgan fingerprint density at radius 3 is 2.71 bits per heavy atom.